The molecule has 0 saturated heterocycles. The van der Waals surface area contributed by atoms with Crippen molar-refractivity contribution >= 4 is 5.95 Å². The predicted octanol–water partition coefficient (Wildman–Crippen LogP) is 1.67. The number of anilines is 1. The quantitative estimate of drug-likeness (QED) is 0.789. The lowest BCUT2D eigenvalue weighted by Crippen LogP contribution is -2.32. The van der Waals surface area contributed by atoms with Gasteiger partial charge in [0.25, 0.3) is 0 Å². The minimum atomic E-state index is -0.202. The smallest absolute Gasteiger partial charge is 0.203 e. The molecule has 5 heteroatoms. The summed E-state index contributed by atoms with van der Waals surface area (Å²) in [5, 5.41) is 3.31. The second-order valence-electron chi connectivity index (χ2n) is 4.71. The van der Waals surface area contributed by atoms with Crippen LogP contribution in [0.2, 0.25) is 0 Å². The van der Waals surface area contributed by atoms with Crippen LogP contribution in [0.5, 0.6) is 0 Å². The average Bonchev–Trinajstić information content (AvgIpc) is 2.64. The number of aryl methyl sites for hydroxylation is 1. The van der Waals surface area contributed by atoms with Gasteiger partial charge in [0.2, 0.25) is 5.95 Å². The Morgan fingerprint density at radius 1 is 1.41 bits per heavy atom. The molecule has 1 rings (SSSR count). The molecule has 0 aliphatic heterocycles. The largest absolute Gasteiger partial charge is 0.383 e. The van der Waals surface area contributed by atoms with Crippen molar-refractivity contribution in [2.24, 2.45) is 0 Å². The molecule has 0 bridgehead atoms. The maximum Gasteiger partial charge on any atom is 0.203 e. The fourth-order valence-electron chi connectivity index (χ4n) is 1.41. The van der Waals surface area contributed by atoms with Gasteiger partial charge in [-0.2, -0.15) is 0 Å². The van der Waals surface area contributed by atoms with Gasteiger partial charge in [0, 0.05) is 33.5 Å². The SMILES string of the molecule is COCCn1cc(C)nc1NCC(C)(C)OC. The summed E-state index contributed by atoms with van der Waals surface area (Å²) in [7, 11) is 3.41. The van der Waals surface area contributed by atoms with Gasteiger partial charge in [-0.15, -0.1) is 0 Å². The number of ether oxygens (including phenoxy) is 2. The molecule has 1 N–H and O–H groups in total. The summed E-state index contributed by atoms with van der Waals surface area (Å²) in [6, 6.07) is 0. The molecule has 1 aromatic rings. The Balaban J connectivity index is 2.63. The van der Waals surface area contributed by atoms with E-state index in [9.17, 15) is 0 Å². The van der Waals surface area contributed by atoms with Crippen LogP contribution in [-0.4, -0.2) is 42.5 Å². The van der Waals surface area contributed by atoms with Crippen LogP contribution in [0.1, 0.15) is 19.5 Å². The minimum Gasteiger partial charge on any atom is -0.383 e. The molecule has 0 spiro atoms. The Labute approximate surface area is 103 Å². The number of nitrogens with zero attached hydrogens (tertiary/aromatic N) is 2. The molecule has 0 atom stereocenters. The van der Waals surface area contributed by atoms with Crippen LogP contribution in [0.25, 0.3) is 0 Å². The number of hydrogen-bond donors (Lipinski definition) is 1. The van der Waals surface area contributed by atoms with Crippen LogP contribution in [0.4, 0.5) is 5.95 Å². The molecular weight excluding hydrogens is 218 g/mol. The van der Waals surface area contributed by atoms with Gasteiger partial charge in [-0.05, 0) is 20.8 Å². The second kappa shape index (κ2) is 6.02. The molecule has 5 nitrogen and oxygen atoms in total. The summed E-state index contributed by atoms with van der Waals surface area (Å²) < 4.78 is 12.5. The maximum atomic E-state index is 5.36. The van der Waals surface area contributed by atoms with Gasteiger partial charge in [0.1, 0.15) is 0 Å². The first kappa shape index (κ1) is 14.0. The van der Waals surface area contributed by atoms with Crippen molar-refractivity contribution in [1.29, 1.82) is 0 Å². The summed E-state index contributed by atoms with van der Waals surface area (Å²) in [5.74, 6) is 0.865. The van der Waals surface area contributed by atoms with Gasteiger partial charge in [-0.3, -0.25) is 0 Å². The van der Waals surface area contributed by atoms with Crippen molar-refractivity contribution in [3.8, 4) is 0 Å². The first-order valence-corrected chi connectivity index (χ1v) is 5.80. The Bertz CT molecular complexity index is 348. The van der Waals surface area contributed by atoms with Crippen molar-refractivity contribution in [3.05, 3.63) is 11.9 Å². The van der Waals surface area contributed by atoms with Crippen molar-refractivity contribution in [2.75, 3.05) is 32.7 Å². The zero-order valence-corrected chi connectivity index (χ0v) is 11.4. The topological polar surface area (TPSA) is 48.3 Å². The summed E-state index contributed by atoms with van der Waals surface area (Å²) in [6.07, 6.45) is 2.02. The first-order valence-electron chi connectivity index (χ1n) is 5.80. The van der Waals surface area contributed by atoms with Crippen molar-refractivity contribution in [2.45, 2.75) is 32.9 Å². The van der Waals surface area contributed by atoms with Crippen LogP contribution in [-0.2, 0) is 16.0 Å². The lowest BCUT2D eigenvalue weighted by molar-refractivity contribution is 0.0342. The van der Waals surface area contributed by atoms with E-state index < -0.39 is 0 Å². The van der Waals surface area contributed by atoms with Gasteiger partial charge in [-0.1, -0.05) is 0 Å². The Morgan fingerprint density at radius 2 is 2.12 bits per heavy atom. The molecule has 0 amide bonds. The van der Waals surface area contributed by atoms with E-state index >= 15 is 0 Å². The average molecular weight is 241 g/mol. The van der Waals surface area contributed by atoms with E-state index in [1.54, 1.807) is 14.2 Å². The fourth-order valence-corrected chi connectivity index (χ4v) is 1.41. The van der Waals surface area contributed by atoms with Crippen LogP contribution >= 0.6 is 0 Å². The first-order chi connectivity index (χ1) is 7.98. The summed E-state index contributed by atoms with van der Waals surface area (Å²) in [5.41, 5.74) is 0.796. The van der Waals surface area contributed by atoms with Gasteiger partial charge in [-0.25, -0.2) is 4.98 Å². The van der Waals surface area contributed by atoms with Crippen LogP contribution < -0.4 is 5.32 Å². The molecule has 0 unspecified atom stereocenters. The van der Waals surface area contributed by atoms with E-state index in [0.717, 1.165) is 18.2 Å². The molecule has 1 heterocycles. The Morgan fingerprint density at radius 3 is 2.71 bits per heavy atom. The number of methoxy groups -OCH3 is 2. The fraction of sp³-hybridized carbons (Fsp3) is 0.750. The highest BCUT2D eigenvalue weighted by Crippen LogP contribution is 2.12. The Hall–Kier alpha value is -1.07. The second-order valence-corrected chi connectivity index (χ2v) is 4.71. The molecular formula is C12H23N3O2. The maximum absolute atomic E-state index is 5.36. The number of nitrogens with one attached hydrogen (secondary N) is 1. The van der Waals surface area contributed by atoms with E-state index in [1.807, 2.05) is 27.0 Å². The van der Waals surface area contributed by atoms with Crippen molar-refractivity contribution < 1.29 is 9.47 Å². The third-order valence-corrected chi connectivity index (χ3v) is 2.66. The van der Waals surface area contributed by atoms with Crippen LogP contribution in [0.15, 0.2) is 6.20 Å². The van der Waals surface area contributed by atoms with E-state index in [2.05, 4.69) is 14.9 Å². The molecule has 98 valence electrons. The third kappa shape index (κ3) is 4.36. The zero-order chi connectivity index (χ0) is 12.9. The van der Waals surface area contributed by atoms with Crippen molar-refractivity contribution in [3.63, 3.8) is 0 Å². The number of rotatable bonds is 7. The Kier molecular flexibility index (Phi) is 4.96. The van der Waals surface area contributed by atoms with Crippen molar-refractivity contribution in [1.82, 2.24) is 9.55 Å². The molecule has 0 fully saturated rings. The zero-order valence-electron chi connectivity index (χ0n) is 11.4. The van der Waals surface area contributed by atoms with E-state index in [0.29, 0.717) is 13.2 Å². The molecule has 0 radical (unpaired) electrons. The highest BCUT2D eigenvalue weighted by molar-refractivity contribution is 5.29. The highest BCUT2D eigenvalue weighted by atomic mass is 16.5. The third-order valence-electron chi connectivity index (χ3n) is 2.66. The number of aromatic nitrogens is 2. The lowest BCUT2D eigenvalue weighted by atomic mass is 10.1. The highest BCUT2D eigenvalue weighted by Gasteiger charge is 2.17. The van der Waals surface area contributed by atoms with E-state index in [-0.39, 0.29) is 5.60 Å². The normalized spacial score (nSPS) is 11.8. The van der Waals surface area contributed by atoms with E-state index in [4.69, 9.17) is 9.47 Å². The standard InChI is InChI=1S/C12H23N3O2/c1-10-8-15(6-7-16-4)11(14-10)13-9-12(2,3)17-5/h8H,6-7,9H2,1-5H3,(H,13,14). The molecule has 0 saturated carbocycles. The number of imidazole rings is 1. The molecule has 0 aliphatic rings. The lowest BCUT2D eigenvalue weighted by Gasteiger charge is -2.23. The monoisotopic (exact) mass is 241 g/mol. The van der Waals surface area contributed by atoms with Gasteiger partial charge < -0.3 is 19.4 Å². The van der Waals surface area contributed by atoms with Gasteiger partial charge >= 0.3 is 0 Å². The van der Waals surface area contributed by atoms with Crippen LogP contribution in [0, 0.1) is 6.92 Å². The van der Waals surface area contributed by atoms with Gasteiger partial charge in [0.15, 0.2) is 0 Å². The van der Waals surface area contributed by atoms with Crippen LogP contribution in [0.3, 0.4) is 0 Å². The molecule has 0 aliphatic carbocycles. The minimum absolute atomic E-state index is 0.202. The molecule has 1 aromatic heterocycles. The van der Waals surface area contributed by atoms with Gasteiger partial charge in [0.05, 0.1) is 17.9 Å². The summed E-state index contributed by atoms with van der Waals surface area (Å²) in [6.45, 7) is 8.25. The number of hydrogen-bond acceptors (Lipinski definition) is 4. The molecule has 0 aromatic carbocycles. The van der Waals surface area contributed by atoms with E-state index in [1.165, 1.54) is 0 Å². The summed E-state index contributed by atoms with van der Waals surface area (Å²) in [4.78, 5) is 4.44. The molecule has 17 heavy (non-hydrogen) atoms. The predicted molar refractivity (Wildman–Crippen MR) is 68.4 cm³/mol. The summed E-state index contributed by atoms with van der Waals surface area (Å²) >= 11 is 0.